The molecule has 176 valence electrons. The SMILES string of the molecule is C[C@@H](OC(=O)c1cccnc1S[C@H](C)C(=O)NCc1ccccc1)C(=O)NCc1ccccc1. The van der Waals surface area contributed by atoms with Gasteiger partial charge in [-0.25, -0.2) is 9.78 Å². The number of ether oxygens (including phenoxy) is 1. The molecule has 3 aromatic rings. The van der Waals surface area contributed by atoms with Crippen molar-refractivity contribution in [1.29, 1.82) is 0 Å². The summed E-state index contributed by atoms with van der Waals surface area (Å²) < 4.78 is 5.37. The molecular weight excluding hydrogens is 450 g/mol. The second-order valence-corrected chi connectivity index (χ2v) is 8.90. The highest BCUT2D eigenvalue weighted by Crippen LogP contribution is 2.25. The van der Waals surface area contributed by atoms with Gasteiger partial charge in [-0.2, -0.15) is 0 Å². The van der Waals surface area contributed by atoms with E-state index in [1.165, 1.54) is 6.92 Å². The number of nitrogens with zero attached hydrogens (tertiary/aromatic N) is 1. The summed E-state index contributed by atoms with van der Waals surface area (Å²) in [6.07, 6.45) is 0.560. The molecular formula is C26H27N3O4S. The summed E-state index contributed by atoms with van der Waals surface area (Å²) in [5.41, 5.74) is 2.15. The molecule has 0 aliphatic rings. The van der Waals surface area contributed by atoms with Crippen molar-refractivity contribution >= 4 is 29.5 Å². The van der Waals surface area contributed by atoms with Crippen molar-refractivity contribution in [3.8, 4) is 0 Å². The number of hydrogen-bond donors (Lipinski definition) is 2. The van der Waals surface area contributed by atoms with E-state index < -0.39 is 23.2 Å². The van der Waals surface area contributed by atoms with Crippen molar-refractivity contribution in [2.24, 2.45) is 0 Å². The molecule has 3 rings (SSSR count). The zero-order valence-corrected chi connectivity index (χ0v) is 19.9. The van der Waals surface area contributed by atoms with Crippen LogP contribution in [0.3, 0.4) is 0 Å². The van der Waals surface area contributed by atoms with E-state index in [1.807, 2.05) is 60.7 Å². The predicted molar refractivity (Wildman–Crippen MR) is 131 cm³/mol. The van der Waals surface area contributed by atoms with Crippen molar-refractivity contribution in [3.63, 3.8) is 0 Å². The van der Waals surface area contributed by atoms with Crippen LogP contribution in [0.25, 0.3) is 0 Å². The van der Waals surface area contributed by atoms with Gasteiger partial charge in [-0.3, -0.25) is 9.59 Å². The summed E-state index contributed by atoms with van der Waals surface area (Å²) in [4.78, 5) is 41.9. The minimum atomic E-state index is -0.985. The van der Waals surface area contributed by atoms with Crippen LogP contribution in [0.2, 0.25) is 0 Å². The van der Waals surface area contributed by atoms with Crippen molar-refractivity contribution in [2.75, 3.05) is 0 Å². The number of hydrogen-bond acceptors (Lipinski definition) is 6. The van der Waals surface area contributed by atoms with Crippen molar-refractivity contribution in [2.45, 2.75) is 43.3 Å². The maximum Gasteiger partial charge on any atom is 0.341 e. The lowest BCUT2D eigenvalue weighted by Gasteiger charge is -2.16. The standard InChI is InChI=1S/C26H27N3O4S/c1-18(23(30)28-16-20-10-5-3-6-11-20)33-26(32)22-14-9-15-27-25(22)34-19(2)24(31)29-17-21-12-7-4-8-13-21/h3-15,18-19H,16-17H2,1-2H3,(H,28,30)(H,29,31)/t18-,19-/m1/s1. The normalized spacial score (nSPS) is 12.3. The van der Waals surface area contributed by atoms with Crippen LogP contribution in [-0.2, 0) is 27.4 Å². The molecule has 0 saturated carbocycles. The summed E-state index contributed by atoms with van der Waals surface area (Å²) in [5, 5.41) is 5.52. The first-order chi connectivity index (χ1) is 16.4. The number of thioether (sulfide) groups is 1. The lowest BCUT2D eigenvalue weighted by molar-refractivity contribution is -0.129. The van der Waals surface area contributed by atoms with Crippen LogP contribution in [0, 0.1) is 0 Å². The number of aromatic nitrogens is 1. The Morgan fingerprint density at radius 3 is 1.97 bits per heavy atom. The highest BCUT2D eigenvalue weighted by atomic mass is 32.2. The Morgan fingerprint density at radius 2 is 1.38 bits per heavy atom. The first kappa shape index (κ1) is 25.0. The predicted octanol–water partition coefficient (Wildman–Crippen LogP) is 3.74. The number of esters is 1. The van der Waals surface area contributed by atoms with Gasteiger partial charge in [0.1, 0.15) is 5.03 Å². The third-order valence-corrected chi connectivity index (χ3v) is 6.04. The first-order valence-electron chi connectivity index (χ1n) is 10.9. The number of pyridine rings is 1. The van der Waals surface area contributed by atoms with E-state index in [0.29, 0.717) is 18.1 Å². The summed E-state index contributed by atoms with van der Waals surface area (Å²) in [6, 6.07) is 22.2. The monoisotopic (exact) mass is 477 g/mol. The van der Waals surface area contributed by atoms with E-state index in [-0.39, 0.29) is 11.5 Å². The van der Waals surface area contributed by atoms with Crippen molar-refractivity contribution < 1.29 is 19.1 Å². The van der Waals surface area contributed by atoms with Crippen LogP contribution in [0.5, 0.6) is 0 Å². The van der Waals surface area contributed by atoms with E-state index in [0.717, 1.165) is 22.9 Å². The van der Waals surface area contributed by atoms with Gasteiger partial charge < -0.3 is 15.4 Å². The summed E-state index contributed by atoms with van der Waals surface area (Å²) in [6.45, 7) is 4.01. The fourth-order valence-electron chi connectivity index (χ4n) is 3.00. The Hall–Kier alpha value is -3.65. The van der Waals surface area contributed by atoms with Crippen LogP contribution in [0.15, 0.2) is 84.0 Å². The largest absolute Gasteiger partial charge is 0.449 e. The third kappa shape index (κ3) is 7.45. The van der Waals surface area contributed by atoms with Gasteiger partial charge in [0, 0.05) is 19.3 Å². The molecule has 2 amide bonds. The van der Waals surface area contributed by atoms with E-state index in [1.54, 1.807) is 25.3 Å². The molecule has 2 atom stereocenters. The highest BCUT2D eigenvalue weighted by Gasteiger charge is 2.24. The molecule has 0 aliphatic heterocycles. The summed E-state index contributed by atoms with van der Waals surface area (Å²) in [7, 11) is 0. The van der Waals surface area contributed by atoms with Crippen molar-refractivity contribution in [3.05, 3.63) is 95.7 Å². The highest BCUT2D eigenvalue weighted by molar-refractivity contribution is 8.00. The van der Waals surface area contributed by atoms with E-state index >= 15 is 0 Å². The van der Waals surface area contributed by atoms with Gasteiger partial charge >= 0.3 is 5.97 Å². The first-order valence-corrected chi connectivity index (χ1v) is 11.8. The lowest BCUT2D eigenvalue weighted by Crippen LogP contribution is -2.35. The topological polar surface area (TPSA) is 97.4 Å². The van der Waals surface area contributed by atoms with Gasteiger partial charge in [0.15, 0.2) is 6.10 Å². The molecule has 2 N–H and O–H groups in total. The van der Waals surface area contributed by atoms with Gasteiger partial charge in [-0.1, -0.05) is 72.4 Å². The van der Waals surface area contributed by atoms with Crippen LogP contribution in [-0.4, -0.2) is 34.1 Å². The molecule has 8 heteroatoms. The number of amides is 2. The quantitative estimate of drug-likeness (QED) is 0.341. The van der Waals surface area contributed by atoms with Crippen LogP contribution < -0.4 is 10.6 Å². The Labute approximate surface area is 203 Å². The summed E-state index contributed by atoms with van der Waals surface area (Å²) in [5.74, 6) is -1.24. The Balaban J connectivity index is 1.55. The number of nitrogens with one attached hydrogen (secondary N) is 2. The van der Waals surface area contributed by atoms with Gasteiger partial charge in [-0.15, -0.1) is 0 Å². The molecule has 0 radical (unpaired) electrons. The molecule has 0 saturated heterocycles. The molecule has 2 aromatic carbocycles. The maximum absolute atomic E-state index is 12.8. The fraction of sp³-hybridized carbons (Fsp3) is 0.231. The molecule has 0 spiro atoms. The van der Waals surface area contributed by atoms with E-state index in [9.17, 15) is 14.4 Å². The Morgan fingerprint density at radius 1 is 0.824 bits per heavy atom. The van der Waals surface area contributed by atoms with Crippen LogP contribution in [0.1, 0.15) is 35.3 Å². The second kappa shape index (κ2) is 12.6. The second-order valence-electron chi connectivity index (χ2n) is 7.57. The average molecular weight is 478 g/mol. The molecule has 1 aromatic heterocycles. The number of rotatable bonds is 10. The van der Waals surface area contributed by atoms with Crippen LogP contribution in [0.4, 0.5) is 0 Å². The molecule has 0 aliphatic carbocycles. The minimum Gasteiger partial charge on any atom is -0.449 e. The fourth-order valence-corrected chi connectivity index (χ4v) is 3.92. The average Bonchev–Trinajstić information content (AvgIpc) is 2.87. The number of carbonyl (C=O) groups is 3. The minimum absolute atomic E-state index is 0.174. The van der Waals surface area contributed by atoms with Gasteiger partial charge in [0.25, 0.3) is 5.91 Å². The van der Waals surface area contributed by atoms with Gasteiger partial charge in [-0.05, 0) is 37.1 Å². The van der Waals surface area contributed by atoms with Gasteiger partial charge in [0.2, 0.25) is 5.91 Å². The van der Waals surface area contributed by atoms with E-state index in [4.69, 9.17) is 4.74 Å². The molecule has 1 heterocycles. The molecule has 34 heavy (non-hydrogen) atoms. The van der Waals surface area contributed by atoms with Crippen LogP contribution >= 0.6 is 11.8 Å². The molecule has 7 nitrogen and oxygen atoms in total. The number of carbonyl (C=O) groups excluding carboxylic acids is 3. The number of benzene rings is 2. The zero-order valence-electron chi connectivity index (χ0n) is 19.1. The molecule has 0 fully saturated rings. The van der Waals surface area contributed by atoms with Gasteiger partial charge in [0.05, 0.1) is 10.8 Å². The van der Waals surface area contributed by atoms with Crippen molar-refractivity contribution in [1.82, 2.24) is 15.6 Å². The third-order valence-electron chi connectivity index (χ3n) is 4.92. The smallest absolute Gasteiger partial charge is 0.341 e. The molecule has 0 bridgehead atoms. The van der Waals surface area contributed by atoms with E-state index in [2.05, 4.69) is 15.6 Å². The Kier molecular flexibility index (Phi) is 9.22. The summed E-state index contributed by atoms with van der Waals surface area (Å²) >= 11 is 1.16. The lowest BCUT2D eigenvalue weighted by atomic mass is 10.2. The molecule has 0 unspecified atom stereocenters. The zero-order chi connectivity index (χ0) is 24.3. The Bertz CT molecular complexity index is 1110. The maximum atomic E-state index is 12.8.